The highest BCUT2D eigenvalue weighted by molar-refractivity contribution is 6.32. The monoisotopic (exact) mass is 434 g/mol. The second-order valence-electron chi connectivity index (χ2n) is 8.17. The lowest BCUT2D eigenvalue weighted by Crippen LogP contribution is -2.51. The first kappa shape index (κ1) is 21.0. The van der Waals surface area contributed by atoms with Crippen LogP contribution in [-0.4, -0.2) is 66.8 Å². The van der Waals surface area contributed by atoms with Crippen molar-refractivity contribution in [2.75, 3.05) is 33.0 Å². The lowest BCUT2D eigenvalue weighted by atomic mass is 9.94. The molecule has 3 aliphatic heterocycles. The molecule has 0 N–H and O–H groups in total. The van der Waals surface area contributed by atoms with Gasteiger partial charge in [0.25, 0.3) is 0 Å². The highest BCUT2D eigenvalue weighted by Gasteiger charge is 2.33. The fourth-order valence-corrected chi connectivity index (χ4v) is 4.59. The molecule has 0 unspecified atom stereocenters. The van der Waals surface area contributed by atoms with Gasteiger partial charge in [-0.15, -0.1) is 0 Å². The molecular formula is C22H27ClN2O5. The van der Waals surface area contributed by atoms with Crippen molar-refractivity contribution < 1.29 is 23.8 Å². The third-order valence-corrected chi connectivity index (χ3v) is 6.04. The van der Waals surface area contributed by atoms with Crippen LogP contribution in [0.15, 0.2) is 18.2 Å². The van der Waals surface area contributed by atoms with Crippen molar-refractivity contribution in [2.24, 2.45) is 5.92 Å². The van der Waals surface area contributed by atoms with Gasteiger partial charge in [-0.3, -0.25) is 9.59 Å². The molecule has 1 aromatic rings. The zero-order valence-corrected chi connectivity index (χ0v) is 18.1. The van der Waals surface area contributed by atoms with Crippen molar-refractivity contribution in [1.29, 1.82) is 0 Å². The summed E-state index contributed by atoms with van der Waals surface area (Å²) in [5, 5.41) is 0.461. The first-order valence-corrected chi connectivity index (χ1v) is 10.8. The molecule has 0 bridgehead atoms. The fraction of sp³-hybridized carbons (Fsp3) is 0.545. The van der Waals surface area contributed by atoms with Crippen LogP contribution in [0.4, 0.5) is 0 Å². The zero-order valence-electron chi connectivity index (χ0n) is 17.3. The Bertz CT molecular complexity index is 840. The minimum atomic E-state index is -0.0664. The number of nitrogens with zero attached hydrogens (tertiary/aromatic N) is 2. The minimum Gasteiger partial charge on any atom is -0.454 e. The topological polar surface area (TPSA) is 68.3 Å². The van der Waals surface area contributed by atoms with Gasteiger partial charge < -0.3 is 24.0 Å². The van der Waals surface area contributed by atoms with Gasteiger partial charge in [0.15, 0.2) is 11.5 Å². The predicted octanol–water partition coefficient (Wildman–Crippen LogP) is 2.96. The summed E-state index contributed by atoms with van der Waals surface area (Å²) >= 11 is 6.19. The second-order valence-corrected chi connectivity index (χ2v) is 8.58. The molecule has 0 spiro atoms. The number of amides is 2. The van der Waals surface area contributed by atoms with E-state index in [-0.39, 0.29) is 36.7 Å². The molecule has 2 fully saturated rings. The van der Waals surface area contributed by atoms with Gasteiger partial charge in [-0.2, -0.15) is 0 Å². The predicted molar refractivity (Wildman–Crippen MR) is 113 cm³/mol. The number of benzene rings is 1. The Kier molecular flexibility index (Phi) is 6.20. The molecule has 3 aliphatic rings. The summed E-state index contributed by atoms with van der Waals surface area (Å²) in [4.78, 5) is 29.2. The molecule has 8 heteroatoms. The number of morpholine rings is 1. The number of fused-ring (bicyclic) bond motifs is 1. The van der Waals surface area contributed by atoms with E-state index in [0.717, 1.165) is 5.56 Å². The van der Waals surface area contributed by atoms with E-state index in [0.29, 0.717) is 55.5 Å². The van der Waals surface area contributed by atoms with Crippen LogP contribution in [0.1, 0.15) is 32.3 Å². The number of hydrogen-bond donors (Lipinski definition) is 0. The van der Waals surface area contributed by atoms with Gasteiger partial charge in [0.05, 0.1) is 17.2 Å². The average Bonchev–Trinajstić information content (AvgIpc) is 3.20. The molecule has 0 radical (unpaired) electrons. The number of halogens is 1. The van der Waals surface area contributed by atoms with E-state index in [1.807, 2.05) is 18.7 Å². The van der Waals surface area contributed by atoms with Crippen molar-refractivity contribution in [3.8, 4) is 11.5 Å². The molecule has 7 nitrogen and oxygen atoms in total. The summed E-state index contributed by atoms with van der Waals surface area (Å²) in [6.45, 7) is 6.59. The lowest BCUT2D eigenvalue weighted by molar-refractivity contribution is -0.149. The Hall–Kier alpha value is -2.25. The Morgan fingerprint density at radius 2 is 1.77 bits per heavy atom. The summed E-state index contributed by atoms with van der Waals surface area (Å²) < 4.78 is 16.4. The van der Waals surface area contributed by atoms with Crippen molar-refractivity contribution in [2.45, 2.75) is 38.9 Å². The first-order valence-electron chi connectivity index (χ1n) is 10.4. The number of rotatable bonds is 3. The van der Waals surface area contributed by atoms with Crippen molar-refractivity contribution in [3.63, 3.8) is 0 Å². The molecule has 2 saturated heterocycles. The normalized spacial score (nSPS) is 24.5. The number of likely N-dealkylation sites (tertiary alicyclic amines) is 1. The second kappa shape index (κ2) is 8.86. The molecule has 1 aromatic carbocycles. The molecule has 0 saturated carbocycles. The smallest absolute Gasteiger partial charge is 0.246 e. The van der Waals surface area contributed by atoms with Crippen LogP contribution in [0.3, 0.4) is 0 Å². The standard InChI is InChI=1S/C22H27ClN2O5/c1-14-11-25(12-15(2)30-14)22(27)17-5-7-24(8-6-17)20(26)4-3-16-9-18(23)21-19(10-16)28-13-29-21/h3-4,9-10,14-15,17H,5-8,11-13H2,1-2H3/b4-3+/t14-,15-/m1/s1. The lowest BCUT2D eigenvalue weighted by Gasteiger charge is -2.39. The Morgan fingerprint density at radius 3 is 2.47 bits per heavy atom. The zero-order chi connectivity index (χ0) is 21.3. The molecule has 2 amide bonds. The molecule has 0 aliphatic carbocycles. The van der Waals surface area contributed by atoms with Crippen molar-refractivity contribution in [1.82, 2.24) is 9.80 Å². The number of carbonyl (C=O) groups is 2. The van der Waals surface area contributed by atoms with Crippen LogP contribution in [0.5, 0.6) is 11.5 Å². The maximum absolute atomic E-state index is 12.9. The average molecular weight is 435 g/mol. The van der Waals surface area contributed by atoms with Crippen LogP contribution >= 0.6 is 11.6 Å². The van der Waals surface area contributed by atoms with Gasteiger partial charge in [0, 0.05) is 38.2 Å². The molecule has 2 atom stereocenters. The van der Waals surface area contributed by atoms with E-state index in [2.05, 4.69) is 0 Å². The van der Waals surface area contributed by atoms with Gasteiger partial charge in [0.1, 0.15) is 0 Å². The van der Waals surface area contributed by atoms with Crippen molar-refractivity contribution >= 4 is 29.5 Å². The summed E-state index contributed by atoms with van der Waals surface area (Å²) in [5.41, 5.74) is 0.776. The SMILES string of the molecule is C[C@@H]1CN(C(=O)C2CCN(C(=O)/C=C/c3cc(Cl)c4c(c3)OCO4)CC2)C[C@@H](C)O1. The number of piperidine rings is 1. The van der Waals surface area contributed by atoms with Gasteiger partial charge in [0.2, 0.25) is 18.6 Å². The maximum atomic E-state index is 12.9. The van der Waals surface area contributed by atoms with Crippen LogP contribution in [0, 0.1) is 5.92 Å². The third kappa shape index (κ3) is 4.57. The molecule has 0 aromatic heterocycles. The van der Waals surface area contributed by atoms with Gasteiger partial charge in [-0.1, -0.05) is 11.6 Å². The number of hydrogen-bond acceptors (Lipinski definition) is 5. The quantitative estimate of drug-likeness (QED) is 0.684. The van der Waals surface area contributed by atoms with Crippen LogP contribution < -0.4 is 9.47 Å². The van der Waals surface area contributed by atoms with Gasteiger partial charge in [-0.25, -0.2) is 0 Å². The van der Waals surface area contributed by atoms with E-state index in [1.54, 1.807) is 29.2 Å². The molecular weight excluding hydrogens is 408 g/mol. The fourth-order valence-electron chi connectivity index (χ4n) is 4.32. The molecule has 3 heterocycles. The van der Waals surface area contributed by atoms with Gasteiger partial charge >= 0.3 is 0 Å². The van der Waals surface area contributed by atoms with Gasteiger partial charge in [-0.05, 0) is 50.5 Å². The largest absolute Gasteiger partial charge is 0.454 e. The van der Waals surface area contributed by atoms with E-state index in [4.69, 9.17) is 25.8 Å². The van der Waals surface area contributed by atoms with Crippen LogP contribution in [-0.2, 0) is 14.3 Å². The summed E-state index contributed by atoms with van der Waals surface area (Å²) in [6, 6.07) is 3.54. The van der Waals surface area contributed by atoms with E-state index in [1.165, 1.54) is 0 Å². The summed E-state index contributed by atoms with van der Waals surface area (Å²) in [6.07, 6.45) is 4.77. The number of ether oxygens (including phenoxy) is 3. The third-order valence-electron chi connectivity index (χ3n) is 5.76. The summed E-state index contributed by atoms with van der Waals surface area (Å²) in [7, 11) is 0. The highest BCUT2D eigenvalue weighted by atomic mass is 35.5. The molecule has 4 rings (SSSR count). The Labute approximate surface area is 181 Å². The minimum absolute atomic E-state index is 0.0248. The highest BCUT2D eigenvalue weighted by Crippen LogP contribution is 2.40. The Morgan fingerprint density at radius 1 is 1.07 bits per heavy atom. The number of carbonyl (C=O) groups excluding carboxylic acids is 2. The van der Waals surface area contributed by atoms with E-state index in [9.17, 15) is 9.59 Å². The Balaban J connectivity index is 1.31. The molecule has 162 valence electrons. The first-order chi connectivity index (χ1) is 14.4. The maximum Gasteiger partial charge on any atom is 0.246 e. The van der Waals surface area contributed by atoms with Crippen LogP contribution in [0.25, 0.3) is 6.08 Å². The van der Waals surface area contributed by atoms with E-state index < -0.39 is 0 Å². The summed E-state index contributed by atoms with van der Waals surface area (Å²) in [5.74, 6) is 1.22. The van der Waals surface area contributed by atoms with Crippen molar-refractivity contribution in [3.05, 3.63) is 28.8 Å². The molecule has 30 heavy (non-hydrogen) atoms. The van der Waals surface area contributed by atoms with E-state index >= 15 is 0 Å². The van der Waals surface area contributed by atoms with Crippen LogP contribution in [0.2, 0.25) is 5.02 Å².